The third-order valence-electron chi connectivity index (χ3n) is 4.44. The summed E-state index contributed by atoms with van der Waals surface area (Å²) in [5.74, 6) is -4.82. The molecule has 1 atom stereocenters. The van der Waals surface area contributed by atoms with Crippen molar-refractivity contribution in [3.63, 3.8) is 0 Å². The Hall–Kier alpha value is -0.870. The van der Waals surface area contributed by atoms with Crippen LogP contribution in [0.1, 0.15) is 6.42 Å². The molecule has 136 valence electrons. The van der Waals surface area contributed by atoms with Gasteiger partial charge in [0.05, 0.1) is 0 Å². The summed E-state index contributed by atoms with van der Waals surface area (Å²) in [5, 5.41) is 3.26. The molecule has 0 radical (unpaired) electrons. The van der Waals surface area contributed by atoms with Gasteiger partial charge in [-0.25, -0.2) is 21.6 Å². The van der Waals surface area contributed by atoms with Crippen LogP contribution in [0, 0.1) is 17.5 Å². The van der Waals surface area contributed by atoms with Gasteiger partial charge in [-0.05, 0) is 25.1 Å². The molecule has 2 aliphatic heterocycles. The van der Waals surface area contributed by atoms with E-state index in [4.69, 9.17) is 0 Å². The van der Waals surface area contributed by atoms with Crippen LogP contribution < -0.4 is 5.32 Å². The van der Waals surface area contributed by atoms with Crippen molar-refractivity contribution in [1.29, 1.82) is 0 Å². The van der Waals surface area contributed by atoms with Crippen LogP contribution in [0.15, 0.2) is 17.0 Å². The summed E-state index contributed by atoms with van der Waals surface area (Å²) in [7, 11) is -4.17. The van der Waals surface area contributed by atoms with E-state index in [2.05, 4.69) is 10.2 Å². The molecule has 0 aliphatic carbocycles. The van der Waals surface area contributed by atoms with Crippen molar-refractivity contribution in [2.45, 2.75) is 17.4 Å². The first-order chi connectivity index (χ1) is 10.9. The summed E-state index contributed by atoms with van der Waals surface area (Å²) in [4.78, 5) is 1.39. The number of sulfonamides is 1. The van der Waals surface area contributed by atoms with Gasteiger partial charge in [0, 0.05) is 38.8 Å². The number of hydrogen-bond acceptors (Lipinski definition) is 4. The lowest BCUT2D eigenvalue weighted by Crippen LogP contribution is -2.52. The Morgan fingerprint density at radius 1 is 1.04 bits per heavy atom. The lowest BCUT2D eigenvalue weighted by Gasteiger charge is -2.37. The van der Waals surface area contributed by atoms with E-state index in [0.29, 0.717) is 25.2 Å². The molecule has 3 rings (SSSR count). The van der Waals surface area contributed by atoms with Crippen molar-refractivity contribution < 1.29 is 21.6 Å². The molecule has 0 amide bonds. The van der Waals surface area contributed by atoms with Crippen molar-refractivity contribution in [3.8, 4) is 0 Å². The minimum atomic E-state index is -4.17. The van der Waals surface area contributed by atoms with Crippen LogP contribution in [-0.4, -0.2) is 62.9 Å². The predicted octanol–water partition coefficient (Wildman–Crippen LogP) is 1.19. The molecule has 0 bridgehead atoms. The van der Waals surface area contributed by atoms with Crippen molar-refractivity contribution in [2.24, 2.45) is 0 Å². The molecule has 0 spiro atoms. The largest absolute Gasteiger partial charge is 0.315 e. The highest BCUT2D eigenvalue weighted by atomic mass is 35.5. The number of piperazine rings is 1. The predicted molar refractivity (Wildman–Crippen MR) is 85.2 cm³/mol. The minimum Gasteiger partial charge on any atom is -0.315 e. The van der Waals surface area contributed by atoms with Crippen LogP contribution in [-0.2, 0) is 10.0 Å². The zero-order valence-corrected chi connectivity index (χ0v) is 14.5. The summed E-state index contributed by atoms with van der Waals surface area (Å²) in [5.41, 5.74) is 0. The molecule has 2 fully saturated rings. The minimum absolute atomic E-state index is 0. The molecule has 1 aromatic carbocycles. The molecule has 0 saturated carbocycles. The van der Waals surface area contributed by atoms with Gasteiger partial charge in [0.25, 0.3) is 0 Å². The Morgan fingerprint density at radius 3 is 2.29 bits per heavy atom. The quantitative estimate of drug-likeness (QED) is 0.794. The van der Waals surface area contributed by atoms with Crippen LogP contribution in [0.25, 0.3) is 0 Å². The second-order valence-electron chi connectivity index (χ2n) is 5.76. The zero-order chi connectivity index (χ0) is 16.6. The van der Waals surface area contributed by atoms with Gasteiger partial charge >= 0.3 is 0 Å². The van der Waals surface area contributed by atoms with Gasteiger partial charge < -0.3 is 5.32 Å². The molecule has 1 aromatic rings. The van der Waals surface area contributed by atoms with Crippen LogP contribution in [0.5, 0.6) is 0 Å². The molecular weight excluding hydrogens is 367 g/mol. The summed E-state index contributed by atoms with van der Waals surface area (Å²) in [6.45, 7) is 3.32. The first-order valence-corrected chi connectivity index (χ1v) is 8.93. The number of benzene rings is 1. The molecule has 24 heavy (non-hydrogen) atoms. The van der Waals surface area contributed by atoms with E-state index in [1.165, 1.54) is 0 Å². The second-order valence-corrected chi connectivity index (χ2v) is 7.67. The molecule has 10 heteroatoms. The zero-order valence-electron chi connectivity index (χ0n) is 12.8. The third kappa shape index (κ3) is 3.55. The van der Waals surface area contributed by atoms with Gasteiger partial charge in [0.15, 0.2) is 17.5 Å². The molecule has 0 aromatic heterocycles. The summed E-state index contributed by atoms with van der Waals surface area (Å²) >= 11 is 0. The maximum atomic E-state index is 13.8. The van der Waals surface area contributed by atoms with E-state index in [1.807, 2.05) is 0 Å². The molecule has 2 aliphatic rings. The van der Waals surface area contributed by atoms with E-state index < -0.39 is 32.4 Å². The van der Waals surface area contributed by atoms with Crippen LogP contribution >= 0.6 is 12.4 Å². The van der Waals surface area contributed by atoms with Gasteiger partial charge in [-0.15, -0.1) is 12.4 Å². The van der Waals surface area contributed by atoms with Crippen molar-refractivity contribution in [2.75, 3.05) is 39.3 Å². The number of rotatable bonds is 3. The van der Waals surface area contributed by atoms with Gasteiger partial charge in [0.2, 0.25) is 10.0 Å². The van der Waals surface area contributed by atoms with E-state index in [1.54, 1.807) is 0 Å². The second kappa shape index (κ2) is 7.57. The maximum Gasteiger partial charge on any atom is 0.246 e. The number of halogens is 4. The highest BCUT2D eigenvalue weighted by molar-refractivity contribution is 7.89. The van der Waals surface area contributed by atoms with Crippen LogP contribution in [0.4, 0.5) is 13.2 Å². The smallest absolute Gasteiger partial charge is 0.246 e. The lowest BCUT2D eigenvalue weighted by atomic mass is 10.2. The van der Waals surface area contributed by atoms with Gasteiger partial charge in [-0.1, -0.05) is 0 Å². The Labute approximate surface area is 145 Å². The number of nitrogens with one attached hydrogen (secondary N) is 1. The first kappa shape index (κ1) is 19.5. The molecule has 1 N–H and O–H groups in total. The lowest BCUT2D eigenvalue weighted by molar-refractivity contribution is 0.145. The van der Waals surface area contributed by atoms with E-state index in [0.717, 1.165) is 29.9 Å². The number of hydrogen-bond donors (Lipinski definition) is 1. The number of nitrogens with zero attached hydrogens (tertiary/aromatic N) is 2. The highest BCUT2D eigenvalue weighted by Crippen LogP contribution is 2.24. The standard InChI is InChI=1S/C14H18F3N3O2S.ClH/c15-11-1-2-12(14(17)13(11)16)23(21,22)20-7-5-19(6-8-20)10-3-4-18-9-10;/h1-2,10,18H,3-9H2;1H. The Morgan fingerprint density at radius 2 is 1.71 bits per heavy atom. The van der Waals surface area contributed by atoms with Crippen LogP contribution in [0.3, 0.4) is 0 Å². The Balaban J connectivity index is 0.00000208. The maximum absolute atomic E-state index is 13.8. The van der Waals surface area contributed by atoms with Crippen molar-refractivity contribution in [3.05, 3.63) is 29.6 Å². The van der Waals surface area contributed by atoms with Gasteiger partial charge in [-0.3, -0.25) is 4.90 Å². The molecule has 5 nitrogen and oxygen atoms in total. The fourth-order valence-electron chi connectivity index (χ4n) is 3.11. The van der Waals surface area contributed by atoms with E-state index >= 15 is 0 Å². The highest BCUT2D eigenvalue weighted by Gasteiger charge is 2.34. The summed E-state index contributed by atoms with van der Waals surface area (Å²) in [6.07, 6.45) is 1.02. The first-order valence-electron chi connectivity index (χ1n) is 7.49. The van der Waals surface area contributed by atoms with Crippen molar-refractivity contribution in [1.82, 2.24) is 14.5 Å². The normalized spacial score (nSPS) is 23.2. The van der Waals surface area contributed by atoms with Crippen molar-refractivity contribution >= 4 is 22.4 Å². The fourth-order valence-corrected chi connectivity index (χ4v) is 4.58. The molecule has 2 heterocycles. The van der Waals surface area contributed by atoms with Gasteiger partial charge in [0.1, 0.15) is 4.90 Å². The van der Waals surface area contributed by atoms with E-state index in [9.17, 15) is 21.6 Å². The summed E-state index contributed by atoms with van der Waals surface area (Å²) in [6, 6.07) is 1.79. The fraction of sp³-hybridized carbons (Fsp3) is 0.571. The van der Waals surface area contributed by atoms with Gasteiger partial charge in [-0.2, -0.15) is 4.31 Å². The Kier molecular flexibility index (Phi) is 6.14. The molecule has 1 unspecified atom stereocenters. The average Bonchev–Trinajstić information content (AvgIpc) is 3.07. The molecule has 2 saturated heterocycles. The summed E-state index contributed by atoms with van der Waals surface area (Å²) < 4.78 is 66.1. The average molecular weight is 386 g/mol. The third-order valence-corrected chi connectivity index (χ3v) is 6.36. The monoisotopic (exact) mass is 385 g/mol. The topological polar surface area (TPSA) is 52.7 Å². The molecular formula is C14H19ClF3N3O2S. The SMILES string of the molecule is Cl.O=S(=O)(c1ccc(F)c(F)c1F)N1CCN(C2CCNC2)CC1. The van der Waals surface area contributed by atoms with Crippen LogP contribution in [0.2, 0.25) is 0 Å². The van der Waals surface area contributed by atoms with E-state index in [-0.39, 0.29) is 25.5 Å². The Bertz CT molecular complexity index is 691.